The highest BCUT2D eigenvalue weighted by Crippen LogP contribution is 2.30. The van der Waals surface area contributed by atoms with Crippen LogP contribution in [0.2, 0.25) is 0 Å². The molecule has 148 valence electrons. The third kappa shape index (κ3) is 4.84. The Morgan fingerprint density at radius 1 is 0.828 bits per heavy atom. The number of allylic oxidation sites excluding steroid dienone is 2. The molecular weight excluding hydrogens is 364 g/mol. The average molecular weight is 388 g/mol. The van der Waals surface area contributed by atoms with Crippen molar-refractivity contribution >= 4 is 17.9 Å². The predicted octanol–water partition coefficient (Wildman–Crippen LogP) is 4.24. The fraction of sp³-hybridized carbons (Fsp3) is 0.320. The SMILES string of the molecule is O=C1/C(=C/c2ccc(CC3CO3)cc2)CC/C1=C\c1ccc(OCC2CO2)cc1. The maximum absolute atomic E-state index is 12.8. The normalized spacial score (nSPS) is 25.6. The molecular formula is C25H24O4. The van der Waals surface area contributed by atoms with Crippen LogP contribution in [0.4, 0.5) is 0 Å². The van der Waals surface area contributed by atoms with Crippen LogP contribution in [0.3, 0.4) is 0 Å². The Bertz CT molecular complexity index is 945. The van der Waals surface area contributed by atoms with Gasteiger partial charge in [0.05, 0.1) is 19.3 Å². The first-order chi connectivity index (χ1) is 14.2. The van der Waals surface area contributed by atoms with Crippen molar-refractivity contribution < 1.29 is 19.0 Å². The van der Waals surface area contributed by atoms with Gasteiger partial charge in [-0.3, -0.25) is 4.79 Å². The van der Waals surface area contributed by atoms with Gasteiger partial charge in [-0.25, -0.2) is 0 Å². The van der Waals surface area contributed by atoms with Crippen molar-refractivity contribution in [1.82, 2.24) is 0 Å². The first-order valence-corrected chi connectivity index (χ1v) is 10.2. The molecule has 1 aliphatic carbocycles. The van der Waals surface area contributed by atoms with Crippen LogP contribution in [0.1, 0.15) is 29.5 Å². The maximum atomic E-state index is 12.8. The van der Waals surface area contributed by atoms with E-state index in [9.17, 15) is 4.79 Å². The monoisotopic (exact) mass is 388 g/mol. The largest absolute Gasteiger partial charge is 0.491 e. The molecule has 0 spiro atoms. The van der Waals surface area contributed by atoms with E-state index in [2.05, 4.69) is 24.3 Å². The Hall–Kier alpha value is -2.69. The lowest BCUT2D eigenvalue weighted by Gasteiger charge is -2.04. The Labute approximate surface area is 170 Å². The number of Topliss-reactive ketones (excluding diaryl/α,β-unsaturated/α-hetero) is 1. The number of benzene rings is 2. The van der Waals surface area contributed by atoms with Gasteiger partial charge in [0.2, 0.25) is 0 Å². The second kappa shape index (κ2) is 7.97. The van der Waals surface area contributed by atoms with Crippen LogP contribution < -0.4 is 4.74 Å². The molecule has 0 radical (unpaired) electrons. The third-order valence-corrected chi connectivity index (χ3v) is 5.49. The summed E-state index contributed by atoms with van der Waals surface area (Å²) in [5, 5.41) is 0. The molecule has 5 rings (SSSR count). The predicted molar refractivity (Wildman–Crippen MR) is 112 cm³/mol. The molecule has 4 heteroatoms. The molecule has 0 bridgehead atoms. The maximum Gasteiger partial charge on any atom is 0.185 e. The highest BCUT2D eigenvalue weighted by atomic mass is 16.6. The summed E-state index contributed by atoms with van der Waals surface area (Å²) in [7, 11) is 0. The van der Waals surface area contributed by atoms with Crippen LogP contribution in [0, 0.1) is 0 Å². The van der Waals surface area contributed by atoms with E-state index in [-0.39, 0.29) is 11.9 Å². The van der Waals surface area contributed by atoms with E-state index in [0.29, 0.717) is 12.7 Å². The van der Waals surface area contributed by atoms with E-state index in [4.69, 9.17) is 14.2 Å². The summed E-state index contributed by atoms with van der Waals surface area (Å²) in [5.41, 5.74) is 5.15. The van der Waals surface area contributed by atoms with Crippen LogP contribution in [-0.2, 0) is 20.7 Å². The standard InChI is InChI=1S/C25H24O4/c26-25-20(11-17-1-3-19(4-2-17)13-23-14-28-23)7-8-21(25)12-18-5-9-22(10-6-18)27-15-24-16-29-24/h1-6,9-12,23-24H,7-8,13-16H2/b20-11+,21-12+. The molecule has 2 aromatic rings. The van der Waals surface area contributed by atoms with Gasteiger partial charge in [0.1, 0.15) is 18.5 Å². The molecule has 0 aromatic heterocycles. The van der Waals surface area contributed by atoms with Crippen molar-refractivity contribution in [1.29, 1.82) is 0 Å². The van der Waals surface area contributed by atoms with Crippen molar-refractivity contribution in [2.24, 2.45) is 0 Å². The van der Waals surface area contributed by atoms with Gasteiger partial charge in [-0.2, -0.15) is 0 Å². The van der Waals surface area contributed by atoms with Gasteiger partial charge in [0, 0.05) is 17.6 Å². The van der Waals surface area contributed by atoms with E-state index in [1.54, 1.807) is 0 Å². The fourth-order valence-electron chi connectivity index (χ4n) is 3.59. The number of ketones is 1. The number of carbonyl (C=O) groups is 1. The molecule has 0 amide bonds. The molecule has 2 saturated heterocycles. The molecule has 2 atom stereocenters. The number of hydrogen-bond acceptors (Lipinski definition) is 4. The molecule has 0 N–H and O–H groups in total. The van der Waals surface area contributed by atoms with Crippen LogP contribution in [0.25, 0.3) is 12.2 Å². The number of ether oxygens (including phenoxy) is 3. The minimum Gasteiger partial charge on any atom is -0.491 e. The molecule has 2 unspecified atom stereocenters. The fourth-order valence-corrected chi connectivity index (χ4v) is 3.59. The molecule has 1 saturated carbocycles. The quantitative estimate of drug-likeness (QED) is 0.526. The van der Waals surface area contributed by atoms with Crippen molar-refractivity contribution in [3.05, 3.63) is 76.4 Å². The number of hydrogen-bond donors (Lipinski definition) is 0. The molecule has 29 heavy (non-hydrogen) atoms. The molecule has 3 fully saturated rings. The minimum absolute atomic E-state index is 0.159. The molecule has 2 aromatic carbocycles. The van der Waals surface area contributed by atoms with E-state index in [1.165, 1.54) is 5.56 Å². The Morgan fingerprint density at radius 2 is 1.38 bits per heavy atom. The van der Waals surface area contributed by atoms with Crippen LogP contribution in [-0.4, -0.2) is 37.8 Å². The summed E-state index contributed by atoms with van der Waals surface area (Å²) in [6, 6.07) is 16.3. The van der Waals surface area contributed by atoms with E-state index >= 15 is 0 Å². The first kappa shape index (κ1) is 18.3. The van der Waals surface area contributed by atoms with Gasteiger partial charge in [0.25, 0.3) is 0 Å². The highest BCUT2D eigenvalue weighted by molar-refractivity contribution is 6.15. The van der Waals surface area contributed by atoms with Crippen LogP contribution in [0.15, 0.2) is 59.7 Å². The van der Waals surface area contributed by atoms with E-state index in [0.717, 1.165) is 60.5 Å². The molecule has 2 aliphatic heterocycles. The molecule has 2 heterocycles. The highest BCUT2D eigenvalue weighted by Gasteiger charge is 2.24. The second-order valence-electron chi connectivity index (χ2n) is 7.90. The van der Waals surface area contributed by atoms with Gasteiger partial charge in [-0.15, -0.1) is 0 Å². The number of rotatable bonds is 7. The number of epoxide rings is 2. The summed E-state index contributed by atoms with van der Waals surface area (Å²) in [6.45, 7) is 2.27. The van der Waals surface area contributed by atoms with Gasteiger partial charge < -0.3 is 14.2 Å². The summed E-state index contributed by atoms with van der Waals surface area (Å²) in [4.78, 5) is 12.8. The van der Waals surface area contributed by atoms with Gasteiger partial charge in [-0.05, 0) is 53.8 Å². The summed E-state index contributed by atoms with van der Waals surface area (Å²) < 4.78 is 16.1. The smallest absolute Gasteiger partial charge is 0.185 e. The first-order valence-electron chi connectivity index (χ1n) is 10.2. The zero-order valence-corrected chi connectivity index (χ0v) is 16.3. The van der Waals surface area contributed by atoms with Crippen molar-refractivity contribution in [2.45, 2.75) is 31.5 Å². The Morgan fingerprint density at radius 3 is 1.93 bits per heavy atom. The van der Waals surface area contributed by atoms with Crippen molar-refractivity contribution in [3.63, 3.8) is 0 Å². The zero-order chi connectivity index (χ0) is 19.6. The summed E-state index contributed by atoms with van der Waals surface area (Å²) >= 11 is 0. The minimum atomic E-state index is 0.159. The van der Waals surface area contributed by atoms with Gasteiger partial charge >= 0.3 is 0 Å². The Balaban J connectivity index is 1.23. The topological polar surface area (TPSA) is 51.4 Å². The molecule has 4 nitrogen and oxygen atoms in total. The van der Waals surface area contributed by atoms with Crippen molar-refractivity contribution in [2.75, 3.05) is 19.8 Å². The lowest BCUT2D eigenvalue weighted by molar-refractivity contribution is -0.111. The second-order valence-corrected chi connectivity index (χ2v) is 7.90. The lowest BCUT2D eigenvalue weighted by Crippen LogP contribution is -2.03. The van der Waals surface area contributed by atoms with Gasteiger partial charge in [-0.1, -0.05) is 36.4 Å². The lowest BCUT2D eigenvalue weighted by atomic mass is 10.0. The number of carbonyl (C=O) groups excluding carboxylic acids is 1. The average Bonchev–Trinajstić information content (AvgIpc) is 3.66. The van der Waals surface area contributed by atoms with Gasteiger partial charge in [0.15, 0.2) is 5.78 Å². The third-order valence-electron chi connectivity index (χ3n) is 5.49. The van der Waals surface area contributed by atoms with Crippen LogP contribution in [0.5, 0.6) is 5.75 Å². The van der Waals surface area contributed by atoms with E-state index < -0.39 is 0 Å². The summed E-state index contributed by atoms with van der Waals surface area (Å²) in [5.74, 6) is 0.990. The zero-order valence-electron chi connectivity index (χ0n) is 16.3. The molecule has 3 aliphatic rings. The summed E-state index contributed by atoms with van der Waals surface area (Å²) in [6.07, 6.45) is 7.23. The van der Waals surface area contributed by atoms with Crippen LogP contribution >= 0.6 is 0 Å². The van der Waals surface area contributed by atoms with Crippen molar-refractivity contribution in [3.8, 4) is 5.75 Å². The van der Waals surface area contributed by atoms with E-state index in [1.807, 2.05) is 36.4 Å². The Kier molecular flexibility index (Phi) is 5.04.